The van der Waals surface area contributed by atoms with Crippen LogP contribution >= 0.6 is 15.9 Å². The molecule has 2 aliphatic carbocycles. The van der Waals surface area contributed by atoms with Crippen LogP contribution in [0, 0.1) is 11.8 Å². The van der Waals surface area contributed by atoms with Crippen LogP contribution in [-0.2, 0) is 0 Å². The number of hydrogen-bond acceptors (Lipinski definition) is 0. The molecule has 9 heavy (non-hydrogen) atoms. The van der Waals surface area contributed by atoms with E-state index in [0.29, 0.717) is 0 Å². The van der Waals surface area contributed by atoms with E-state index in [1.165, 1.54) is 12.8 Å². The first kappa shape index (κ1) is 5.72. The van der Waals surface area contributed by atoms with Gasteiger partial charge in [-0.25, -0.2) is 0 Å². The van der Waals surface area contributed by atoms with Gasteiger partial charge in [0, 0.05) is 0 Å². The lowest BCUT2D eigenvalue weighted by Crippen LogP contribution is -1.89. The van der Waals surface area contributed by atoms with Crippen molar-refractivity contribution in [3.63, 3.8) is 0 Å². The van der Waals surface area contributed by atoms with Crippen molar-refractivity contribution >= 4 is 15.9 Å². The average molecular weight is 185 g/mol. The van der Waals surface area contributed by atoms with Crippen LogP contribution in [0.25, 0.3) is 0 Å². The summed E-state index contributed by atoms with van der Waals surface area (Å²) in [5, 5.41) is 0. The van der Waals surface area contributed by atoms with Crippen molar-refractivity contribution in [1.82, 2.24) is 0 Å². The maximum absolute atomic E-state index is 3.38. The Kier molecular flexibility index (Phi) is 1.26. The molecule has 0 aromatic carbocycles. The fourth-order valence-corrected chi connectivity index (χ4v) is 2.31. The fraction of sp³-hybridized carbons (Fsp3) is 0.500. The van der Waals surface area contributed by atoms with Crippen molar-refractivity contribution < 1.29 is 0 Å². The van der Waals surface area contributed by atoms with Gasteiger partial charge in [0.25, 0.3) is 0 Å². The van der Waals surface area contributed by atoms with Crippen LogP contribution in [0.5, 0.6) is 0 Å². The van der Waals surface area contributed by atoms with E-state index in [1.54, 1.807) is 5.57 Å². The molecular formula is C8H9Br. The Morgan fingerprint density at radius 2 is 2.44 bits per heavy atom. The van der Waals surface area contributed by atoms with Crippen molar-refractivity contribution in [2.24, 2.45) is 11.8 Å². The molecule has 0 N–H and O–H groups in total. The molecule has 0 heterocycles. The molecule has 1 saturated carbocycles. The maximum Gasteiger partial charge on any atom is -0.000899 e. The standard InChI is InChI=1S/C8H9Br/c9-5-8-4-6-1-2-7(8)3-6/h1-2,5-7H,3-4H2. The van der Waals surface area contributed by atoms with E-state index >= 15 is 0 Å². The quantitative estimate of drug-likeness (QED) is 0.509. The normalized spacial score (nSPS) is 43.0. The van der Waals surface area contributed by atoms with Crippen molar-refractivity contribution in [2.75, 3.05) is 0 Å². The highest BCUT2D eigenvalue weighted by Crippen LogP contribution is 2.43. The molecule has 0 aromatic heterocycles. The number of rotatable bonds is 0. The average Bonchev–Trinajstić information content (AvgIpc) is 2.45. The molecule has 1 fully saturated rings. The summed E-state index contributed by atoms with van der Waals surface area (Å²) >= 11 is 3.38. The van der Waals surface area contributed by atoms with Gasteiger partial charge in [-0.2, -0.15) is 0 Å². The van der Waals surface area contributed by atoms with Gasteiger partial charge in [-0.3, -0.25) is 0 Å². The Bertz CT molecular complexity index is 179. The summed E-state index contributed by atoms with van der Waals surface area (Å²) in [6.07, 6.45) is 7.36. The summed E-state index contributed by atoms with van der Waals surface area (Å²) in [5.41, 5.74) is 1.59. The minimum absolute atomic E-state index is 0.786. The van der Waals surface area contributed by atoms with Gasteiger partial charge in [0.2, 0.25) is 0 Å². The number of halogens is 1. The molecule has 0 aromatic rings. The summed E-state index contributed by atoms with van der Waals surface area (Å²) in [6.45, 7) is 0. The molecule has 0 nitrogen and oxygen atoms in total. The highest BCUT2D eigenvalue weighted by molar-refractivity contribution is 9.11. The van der Waals surface area contributed by atoms with Crippen LogP contribution in [0.3, 0.4) is 0 Å². The van der Waals surface area contributed by atoms with E-state index in [4.69, 9.17) is 0 Å². The van der Waals surface area contributed by atoms with Gasteiger partial charge in [-0.15, -0.1) is 0 Å². The van der Waals surface area contributed by atoms with Gasteiger partial charge in [-0.1, -0.05) is 33.7 Å². The molecule has 0 aliphatic heterocycles. The first-order chi connectivity index (χ1) is 4.40. The van der Waals surface area contributed by atoms with Crippen molar-refractivity contribution in [3.8, 4) is 0 Å². The Morgan fingerprint density at radius 1 is 1.56 bits per heavy atom. The van der Waals surface area contributed by atoms with Crippen LogP contribution in [0.1, 0.15) is 12.8 Å². The van der Waals surface area contributed by atoms with Crippen LogP contribution < -0.4 is 0 Å². The molecule has 0 amide bonds. The van der Waals surface area contributed by atoms with Crippen LogP contribution in [-0.4, -0.2) is 0 Å². The van der Waals surface area contributed by atoms with Crippen LogP contribution in [0.15, 0.2) is 22.7 Å². The molecule has 2 rings (SSSR count). The second kappa shape index (κ2) is 1.98. The van der Waals surface area contributed by atoms with Crippen LogP contribution in [0.4, 0.5) is 0 Å². The zero-order valence-corrected chi connectivity index (χ0v) is 6.76. The molecule has 0 spiro atoms. The van der Waals surface area contributed by atoms with Crippen molar-refractivity contribution in [3.05, 3.63) is 22.7 Å². The predicted octanol–water partition coefficient (Wildman–Crippen LogP) is 2.86. The lowest BCUT2D eigenvalue weighted by Gasteiger charge is -2.04. The van der Waals surface area contributed by atoms with E-state index in [9.17, 15) is 0 Å². The second-order valence-corrected chi connectivity index (χ2v) is 3.33. The number of hydrogen-bond donors (Lipinski definition) is 0. The van der Waals surface area contributed by atoms with Gasteiger partial charge in [-0.05, 0) is 29.7 Å². The summed E-state index contributed by atoms with van der Waals surface area (Å²) in [4.78, 5) is 2.10. The lowest BCUT2D eigenvalue weighted by atomic mass is 10.0. The minimum Gasteiger partial charge on any atom is -0.0845 e. The molecule has 1 heteroatoms. The molecule has 2 atom stereocenters. The predicted molar refractivity (Wildman–Crippen MR) is 42.4 cm³/mol. The van der Waals surface area contributed by atoms with Gasteiger partial charge in [0.1, 0.15) is 0 Å². The summed E-state index contributed by atoms with van der Waals surface area (Å²) in [7, 11) is 0. The monoisotopic (exact) mass is 184 g/mol. The minimum atomic E-state index is 0.786. The van der Waals surface area contributed by atoms with Gasteiger partial charge >= 0.3 is 0 Å². The van der Waals surface area contributed by atoms with Gasteiger partial charge in [0.05, 0.1) is 0 Å². The summed E-state index contributed by atoms with van der Waals surface area (Å²) in [5.74, 6) is 1.66. The highest BCUT2D eigenvalue weighted by atomic mass is 79.9. The molecule has 2 unspecified atom stereocenters. The Balaban J connectivity index is 2.29. The Morgan fingerprint density at radius 3 is 2.78 bits per heavy atom. The SMILES string of the molecule is BrC=C1CC2C=CC1C2. The highest BCUT2D eigenvalue weighted by Gasteiger charge is 2.29. The number of fused-ring (bicyclic) bond motifs is 2. The van der Waals surface area contributed by atoms with E-state index in [0.717, 1.165) is 11.8 Å². The van der Waals surface area contributed by atoms with Crippen molar-refractivity contribution in [1.29, 1.82) is 0 Å². The molecule has 0 saturated heterocycles. The zero-order valence-electron chi connectivity index (χ0n) is 5.18. The second-order valence-electron chi connectivity index (χ2n) is 2.88. The molecule has 48 valence electrons. The van der Waals surface area contributed by atoms with E-state index < -0.39 is 0 Å². The van der Waals surface area contributed by atoms with Crippen molar-refractivity contribution in [2.45, 2.75) is 12.8 Å². The third-order valence-electron chi connectivity index (χ3n) is 2.29. The van der Waals surface area contributed by atoms with E-state index in [-0.39, 0.29) is 0 Å². The van der Waals surface area contributed by atoms with E-state index in [1.807, 2.05) is 0 Å². The van der Waals surface area contributed by atoms with Gasteiger partial charge in [0.15, 0.2) is 0 Å². The first-order valence-electron chi connectivity index (χ1n) is 3.37. The molecule has 2 bridgehead atoms. The first-order valence-corrected chi connectivity index (χ1v) is 4.29. The van der Waals surface area contributed by atoms with Gasteiger partial charge < -0.3 is 0 Å². The Hall–Kier alpha value is -0.0400. The number of allylic oxidation sites excluding steroid dienone is 3. The lowest BCUT2D eigenvalue weighted by molar-refractivity contribution is 0.693. The Labute approximate surface area is 63.8 Å². The molecule has 0 radical (unpaired) electrons. The smallest absolute Gasteiger partial charge is 0.000899 e. The molecule has 2 aliphatic rings. The summed E-state index contributed by atoms with van der Waals surface area (Å²) < 4.78 is 0. The topological polar surface area (TPSA) is 0 Å². The third-order valence-corrected chi connectivity index (χ3v) is 2.87. The summed E-state index contributed by atoms with van der Waals surface area (Å²) in [6, 6.07) is 0. The zero-order chi connectivity index (χ0) is 6.27. The van der Waals surface area contributed by atoms with E-state index in [2.05, 4.69) is 33.1 Å². The molecular weight excluding hydrogens is 176 g/mol. The largest absolute Gasteiger partial charge is 0.0845 e. The van der Waals surface area contributed by atoms with Crippen LogP contribution in [0.2, 0.25) is 0 Å². The maximum atomic E-state index is 3.38. The third kappa shape index (κ3) is 0.787. The fourth-order valence-electron chi connectivity index (χ4n) is 1.78.